The molecule has 2 atom stereocenters. The number of hydrogen-bond donors (Lipinski definition) is 0. The standard InChI is InChI=1S/C22H23N7O2/c1-15-7-8-17(31-21-20-24-13-16(2)27(20)12-11-23-21)14-28(15)22(30)18-5-3-4-6-19(18)29-25-9-10-26-29/h3-6,9-13,15,17H,7-8,14H2,1-2H3/t15-,17-/m1/s1. The van der Waals surface area contributed by atoms with Crippen LogP contribution >= 0.6 is 0 Å². The number of imidazole rings is 1. The van der Waals surface area contributed by atoms with Crippen molar-refractivity contribution < 1.29 is 9.53 Å². The summed E-state index contributed by atoms with van der Waals surface area (Å²) in [6.07, 6.45) is 10.1. The zero-order valence-corrected chi connectivity index (χ0v) is 17.4. The summed E-state index contributed by atoms with van der Waals surface area (Å²) in [6.45, 7) is 4.53. The predicted molar refractivity (Wildman–Crippen MR) is 113 cm³/mol. The van der Waals surface area contributed by atoms with Crippen LogP contribution in [0.5, 0.6) is 5.88 Å². The summed E-state index contributed by atoms with van der Waals surface area (Å²) in [4.78, 5) is 25.7. The molecule has 1 saturated heterocycles. The van der Waals surface area contributed by atoms with Gasteiger partial charge in [-0.2, -0.15) is 15.0 Å². The van der Waals surface area contributed by atoms with Crippen LogP contribution in [0.15, 0.2) is 55.2 Å². The molecule has 4 heterocycles. The van der Waals surface area contributed by atoms with Gasteiger partial charge in [0.25, 0.3) is 11.8 Å². The molecule has 1 aliphatic rings. The monoisotopic (exact) mass is 417 g/mol. The SMILES string of the molecule is Cc1cnc2c(O[C@@H]3CC[C@@H](C)N(C(=O)c4ccccc4-n4nccn4)C3)nccn12. The van der Waals surface area contributed by atoms with Gasteiger partial charge in [0.05, 0.1) is 30.2 Å². The first-order valence-corrected chi connectivity index (χ1v) is 10.3. The van der Waals surface area contributed by atoms with Gasteiger partial charge >= 0.3 is 0 Å². The first-order chi connectivity index (χ1) is 15.1. The van der Waals surface area contributed by atoms with Gasteiger partial charge in [0.2, 0.25) is 5.65 Å². The molecule has 31 heavy (non-hydrogen) atoms. The fourth-order valence-electron chi connectivity index (χ4n) is 4.04. The van der Waals surface area contributed by atoms with E-state index in [4.69, 9.17) is 4.74 Å². The minimum absolute atomic E-state index is 0.0588. The van der Waals surface area contributed by atoms with Crippen molar-refractivity contribution in [2.45, 2.75) is 38.8 Å². The summed E-state index contributed by atoms with van der Waals surface area (Å²) in [5.74, 6) is 0.431. The van der Waals surface area contributed by atoms with Gasteiger partial charge in [-0.3, -0.25) is 9.20 Å². The molecule has 0 aliphatic carbocycles. The highest BCUT2D eigenvalue weighted by Gasteiger charge is 2.32. The van der Waals surface area contributed by atoms with Crippen molar-refractivity contribution in [2.24, 2.45) is 0 Å². The average molecular weight is 417 g/mol. The Bertz CT molecular complexity index is 1220. The molecular weight excluding hydrogens is 394 g/mol. The zero-order chi connectivity index (χ0) is 21.4. The largest absolute Gasteiger partial charge is 0.470 e. The Kier molecular flexibility index (Phi) is 4.85. The fraction of sp³-hybridized carbons (Fsp3) is 0.318. The molecule has 1 amide bonds. The fourth-order valence-corrected chi connectivity index (χ4v) is 4.04. The number of hydrogen-bond acceptors (Lipinski definition) is 6. The van der Waals surface area contributed by atoms with E-state index in [9.17, 15) is 4.79 Å². The second-order valence-electron chi connectivity index (χ2n) is 7.79. The lowest BCUT2D eigenvalue weighted by atomic mass is 9.99. The second-order valence-corrected chi connectivity index (χ2v) is 7.79. The van der Waals surface area contributed by atoms with Gasteiger partial charge in [-0.15, -0.1) is 0 Å². The van der Waals surface area contributed by atoms with Crippen LogP contribution in [0.3, 0.4) is 0 Å². The lowest BCUT2D eigenvalue weighted by molar-refractivity contribution is 0.0375. The van der Waals surface area contributed by atoms with Crippen molar-refractivity contribution >= 4 is 11.6 Å². The minimum atomic E-state index is -0.161. The van der Waals surface area contributed by atoms with Crippen molar-refractivity contribution in [3.05, 3.63) is 66.5 Å². The molecule has 0 radical (unpaired) electrons. The zero-order valence-electron chi connectivity index (χ0n) is 17.4. The summed E-state index contributed by atoms with van der Waals surface area (Å²) in [5.41, 5.74) is 2.93. The first-order valence-electron chi connectivity index (χ1n) is 10.3. The van der Waals surface area contributed by atoms with Gasteiger partial charge in [-0.25, -0.2) is 9.97 Å². The predicted octanol–water partition coefficient (Wildman–Crippen LogP) is 2.69. The van der Waals surface area contributed by atoms with E-state index < -0.39 is 0 Å². The van der Waals surface area contributed by atoms with Crippen LogP contribution in [0, 0.1) is 6.92 Å². The number of carbonyl (C=O) groups excluding carboxylic acids is 1. The molecule has 0 saturated carbocycles. The van der Waals surface area contributed by atoms with Crippen LogP contribution in [0.4, 0.5) is 0 Å². The molecule has 1 fully saturated rings. The van der Waals surface area contributed by atoms with Crippen molar-refractivity contribution in [1.82, 2.24) is 34.3 Å². The molecule has 5 rings (SSSR count). The van der Waals surface area contributed by atoms with E-state index in [0.717, 1.165) is 18.5 Å². The third kappa shape index (κ3) is 3.52. The number of nitrogens with zero attached hydrogens (tertiary/aromatic N) is 7. The average Bonchev–Trinajstić information content (AvgIpc) is 3.46. The third-order valence-corrected chi connectivity index (χ3v) is 5.73. The first kappa shape index (κ1) is 19.2. The van der Waals surface area contributed by atoms with Gasteiger partial charge in [0.15, 0.2) is 0 Å². The van der Waals surface area contributed by atoms with Gasteiger partial charge in [0.1, 0.15) is 6.10 Å². The van der Waals surface area contributed by atoms with Crippen molar-refractivity contribution in [2.75, 3.05) is 6.54 Å². The molecule has 1 aromatic carbocycles. The Labute approximate surface area is 179 Å². The van der Waals surface area contributed by atoms with Crippen molar-refractivity contribution in [3.8, 4) is 11.6 Å². The van der Waals surface area contributed by atoms with Crippen LogP contribution in [0.25, 0.3) is 11.3 Å². The quantitative estimate of drug-likeness (QED) is 0.507. The van der Waals surface area contributed by atoms with Crippen LogP contribution in [0.2, 0.25) is 0 Å². The number of aryl methyl sites for hydroxylation is 1. The highest BCUT2D eigenvalue weighted by atomic mass is 16.5. The van der Waals surface area contributed by atoms with E-state index in [1.807, 2.05) is 46.7 Å². The normalized spacial score (nSPS) is 19.0. The third-order valence-electron chi connectivity index (χ3n) is 5.73. The Morgan fingerprint density at radius 1 is 1.10 bits per heavy atom. The number of ether oxygens (including phenoxy) is 1. The van der Waals surface area contributed by atoms with Gasteiger partial charge in [-0.05, 0) is 38.8 Å². The number of aromatic nitrogens is 6. The van der Waals surface area contributed by atoms with Gasteiger partial charge in [-0.1, -0.05) is 12.1 Å². The molecular formula is C22H23N7O2. The number of piperidine rings is 1. The number of fused-ring (bicyclic) bond motifs is 1. The van der Waals surface area contributed by atoms with E-state index in [1.165, 1.54) is 4.80 Å². The lowest BCUT2D eigenvalue weighted by Crippen LogP contribution is -2.49. The molecule has 0 bridgehead atoms. The second kappa shape index (κ2) is 7.82. The van der Waals surface area contributed by atoms with E-state index in [0.29, 0.717) is 29.3 Å². The summed E-state index contributed by atoms with van der Waals surface area (Å²) in [7, 11) is 0. The Morgan fingerprint density at radius 2 is 1.90 bits per heavy atom. The highest BCUT2D eigenvalue weighted by molar-refractivity contribution is 5.98. The Hall–Kier alpha value is -3.75. The number of rotatable bonds is 4. The molecule has 158 valence electrons. The molecule has 3 aromatic heterocycles. The van der Waals surface area contributed by atoms with E-state index in [-0.39, 0.29) is 18.1 Å². The molecule has 9 heteroatoms. The number of carbonyl (C=O) groups is 1. The minimum Gasteiger partial charge on any atom is -0.470 e. The van der Waals surface area contributed by atoms with Crippen LogP contribution in [-0.2, 0) is 0 Å². The van der Waals surface area contributed by atoms with Gasteiger partial charge in [0, 0.05) is 30.3 Å². The topological polar surface area (TPSA) is 90.4 Å². The summed E-state index contributed by atoms with van der Waals surface area (Å²) >= 11 is 0. The summed E-state index contributed by atoms with van der Waals surface area (Å²) < 4.78 is 8.18. The molecule has 4 aromatic rings. The maximum absolute atomic E-state index is 13.5. The molecule has 0 unspecified atom stereocenters. The van der Waals surface area contributed by atoms with E-state index >= 15 is 0 Å². The molecule has 1 aliphatic heterocycles. The summed E-state index contributed by atoms with van der Waals surface area (Å²) in [5, 5.41) is 8.38. The van der Waals surface area contributed by atoms with Crippen molar-refractivity contribution in [1.29, 1.82) is 0 Å². The smallest absolute Gasteiger partial charge is 0.258 e. The molecule has 0 spiro atoms. The Balaban J connectivity index is 1.40. The summed E-state index contributed by atoms with van der Waals surface area (Å²) in [6, 6.07) is 7.49. The maximum atomic E-state index is 13.5. The number of likely N-dealkylation sites (tertiary alicyclic amines) is 1. The number of amides is 1. The van der Waals surface area contributed by atoms with Crippen LogP contribution in [0.1, 0.15) is 35.8 Å². The maximum Gasteiger partial charge on any atom is 0.258 e. The van der Waals surface area contributed by atoms with Gasteiger partial charge < -0.3 is 9.64 Å². The number of benzene rings is 1. The molecule has 0 N–H and O–H groups in total. The van der Waals surface area contributed by atoms with E-state index in [1.54, 1.807) is 24.8 Å². The Morgan fingerprint density at radius 3 is 2.74 bits per heavy atom. The number of para-hydroxylation sites is 1. The molecule has 9 nitrogen and oxygen atoms in total. The lowest BCUT2D eigenvalue weighted by Gasteiger charge is -2.38. The van der Waals surface area contributed by atoms with E-state index in [2.05, 4.69) is 27.1 Å². The van der Waals surface area contributed by atoms with Crippen LogP contribution < -0.4 is 4.74 Å². The van der Waals surface area contributed by atoms with Crippen LogP contribution in [-0.4, -0.2) is 58.9 Å². The highest BCUT2D eigenvalue weighted by Crippen LogP contribution is 2.26. The van der Waals surface area contributed by atoms with Crippen molar-refractivity contribution in [3.63, 3.8) is 0 Å².